The summed E-state index contributed by atoms with van der Waals surface area (Å²) in [6, 6.07) is 10.9. The minimum atomic E-state index is -0.786. The second-order valence-corrected chi connectivity index (χ2v) is 8.04. The summed E-state index contributed by atoms with van der Waals surface area (Å²) in [6.07, 6.45) is 0. The van der Waals surface area contributed by atoms with Gasteiger partial charge in [0.15, 0.2) is 0 Å². The number of piperazine rings is 1. The van der Waals surface area contributed by atoms with Crippen LogP contribution in [0, 0.1) is 11.6 Å². The standard InChI is InChI=1S/C22H21ClF2N4O2/c1-13-11-29(16-9-17(24)22(23)18(25)10-16)7-6-28(13)12-21(31)26-15-3-4-19-14(8-15)2-5-20(30)27-19/h2-5,8-10,13H,6-7,11-12H2,1H3,(H,26,31)(H,27,30)/t13-/m1/s1. The smallest absolute Gasteiger partial charge is 0.248 e. The molecule has 1 aliphatic heterocycles. The Morgan fingerprint density at radius 1 is 1.16 bits per heavy atom. The molecule has 1 atom stereocenters. The predicted molar refractivity (Wildman–Crippen MR) is 118 cm³/mol. The number of carbonyl (C=O) groups excluding carboxylic acids is 1. The third-order valence-corrected chi connectivity index (χ3v) is 5.81. The zero-order valence-electron chi connectivity index (χ0n) is 16.8. The summed E-state index contributed by atoms with van der Waals surface area (Å²) in [5.41, 5.74) is 1.60. The second kappa shape index (κ2) is 8.64. The lowest BCUT2D eigenvalue weighted by molar-refractivity contribution is -0.117. The van der Waals surface area contributed by atoms with Crippen LogP contribution in [0.5, 0.6) is 0 Å². The summed E-state index contributed by atoms with van der Waals surface area (Å²) in [5.74, 6) is -1.73. The van der Waals surface area contributed by atoms with Crippen molar-refractivity contribution in [2.24, 2.45) is 0 Å². The number of rotatable bonds is 4. The third-order valence-electron chi connectivity index (χ3n) is 5.45. The van der Waals surface area contributed by atoms with E-state index in [9.17, 15) is 18.4 Å². The Balaban J connectivity index is 1.37. The van der Waals surface area contributed by atoms with E-state index in [4.69, 9.17) is 11.6 Å². The topological polar surface area (TPSA) is 68.4 Å². The van der Waals surface area contributed by atoms with Crippen LogP contribution >= 0.6 is 11.6 Å². The highest BCUT2D eigenvalue weighted by Crippen LogP contribution is 2.27. The number of amides is 1. The Labute approximate surface area is 182 Å². The lowest BCUT2D eigenvalue weighted by atomic mass is 10.1. The molecule has 2 heterocycles. The quantitative estimate of drug-likeness (QED) is 0.601. The van der Waals surface area contributed by atoms with Crippen LogP contribution in [0.15, 0.2) is 47.3 Å². The maximum atomic E-state index is 13.8. The van der Waals surface area contributed by atoms with Gasteiger partial charge in [-0.05, 0) is 43.3 Å². The van der Waals surface area contributed by atoms with Crippen molar-refractivity contribution in [3.63, 3.8) is 0 Å². The number of nitrogens with one attached hydrogen (secondary N) is 2. The van der Waals surface area contributed by atoms with Gasteiger partial charge >= 0.3 is 0 Å². The van der Waals surface area contributed by atoms with E-state index < -0.39 is 16.7 Å². The number of H-pyrrole nitrogens is 1. The Hall–Kier alpha value is -2.97. The Kier molecular flexibility index (Phi) is 5.93. The Morgan fingerprint density at radius 3 is 2.61 bits per heavy atom. The van der Waals surface area contributed by atoms with E-state index in [1.807, 2.05) is 16.7 Å². The van der Waals surface area contributed by atoms with Crippen molar-refractivity contribution in [2.75, 3.05) is 36.4 Å². The summed E-state index contributed by atoms with van der Waals surface area (Å²) in [6.45, 7) is 3.79. The van der Waals surface area contributed by atoms with Gasteiger partial charge in [0, 0.05) is 54.0 Å². The van der Waals surface area contributed by atoms with E-state index in [1.165, 1.54) is 18.2 Å². The average Bonchev–Trinajstić information content (AvgIpc) is 2.73. The lowest BCUT2D eigenvalue weighted by Gasteiger charge is -2.40. The van der Waals surface area contributed by atoms with Crippen LogP contribution in [0.1, 0.15) is 6.92 Å². The molecule has 0 aliphatic carbocycles. The van der Waals surface area contributed by atoms with E-state index in [0.29, 0.717) is 36.5 Å². The number of pyridine rings is 1. The van der Waals surface area contributed by atoms with Crippen LogP contribution in [-0.2, 0) is 4.79 Å². The molecule has 0 saturated carbocycles. The van der Waals surface area contributed by atoms with Crippen LogP contribution in [0.2, 0.25) is 5.02 Å². The van der Waals surface area contributed by atoms with Gasteiger partial charge in [-0.15, -0.1) is 0 Å². The number of hydrogen-bond acceptors (Lipinski definition) is 4. The van der Waals surface area contributed by atoms with Crippen molar-refractivity contribution < 1.29 is 13.6 Å². The van der Waals surface area contributed by atoms with Gasteiger partial charge in [-0.3, -0.25) is 14.5 Å². The molecule has 6 nitrogen and oxygen atoms in total. The normalized spacial score (nSPS) is 17.2. The van der Waals surface area contributed by atoms with Gasteiger partial charge in [0.1, 0.15) is 16.7 Å². The van der Waals surface area contributed by atoms with E-state index in [0.717, 1.165) is 5.39 Å². The van der Waals surface area contributed by atoms with E-state index in [1.54, 1.807) is 24.3 Å². The number of halogens is 3. The molecular formula is C22H21ClF2N4O2. The van der Waals surface area contributed by atoms with Crippen LogP contribution in [0.4, 0.5) is 20.2 Å². The maximum absolute atomic E-state index is 13.8. The summed E-state index contributed by atoms with van der Waals surface area (Å²) >= 11 is 5.57. The first-order chi connectivity index (χ1) is 14.8. The molecule has 1 fully saturated rings. The number of anilines is 2. The van der Waals surface area contributed by atoms with Crippen molar-refractivity contribution >= 4 is 39.8 Å². The van der Waals surface area contributed by atoms with Gasteiger partial charge in [0.05, 0.1) is 6.54 Å². The van der Waals surface area contributed by atoms with E-state index >= 15 is 0 Å². The van der Waals surface area contributed by atoms with Gasteiger partial charge in [0.25, 0.3) is 0 Å². The van der Waals surface area contributed by atoms with Gasteiger partial charge in [-0.1, -0.05) is 11.6 Å². The molecule has 31 heavy (non-hydrogen) atoms. The molecule has 3 aromatic rings. The fourth-order valence-electron chi connectivity index (χ4n) is 3.81. The molecule has 2 N–H and O–H groups in total. The van der Waals surface area contributed by atoms with E-state index in [2.05, 4.69) is 10.3 Å². The van der Waals surface area contributed by atoms with Crippen LogP contribution < -0.4 is 15.8 Å². The highest BCUT2D eigenvalue weighted by molar-refractivity contribution is 6.31. The average molecular weight is 447 g/mol. The minimum absolute atomic E-state index is 0.00276. The van der Waals surface area contributed by atoms with Crippen LogP contribution in [0.25, 0.3) is 10.9 Å². The van der Waals surface area contributed by atoms with Gasteiger partial charge < -0.3 is 15.2 Å². The molecule has 1 aromatic heterocycles. The molecule has 4 rings (SSSR count). The Morgan fingerprint density at radius 2 is 1.90 bits per heavy atom. The van der Waals surface area contributed by atoms with Crippen molar-refractivity contribution in [1.29, 1.82) is 0 Å². The number of aromatic nitrogens is 1. The SMILES string of the molecule is C[C@@H]1CN(c2cc(F)c(Cl)c(F)c2)CCN1CC(=O)Nc1ccc2[nH]c(=O)ccc2c1. The predicted octanol–water partition coefficient (Wildman–Crippen LogP) is 3.61. The first-order valence-electron chi connectivity index (χ1n) is 9.86. The zero-order chi connectivity index (χ0) is 22.1. The maximum Gasteiger partial charge on any atom is 0.248 e. The third kappa shape index (κ3) is 4.70. The van der Waals surface area contributed by atoms with Crippen LogP contribution in [-0.4, -0.2) is 48.0 Å². The monoisotopic (exact) mass is 446 g/mol. The van der Waals surface area contributed by atoms with Crippen molar-refractivity contribution in [1.82, 2.24) is 9.88 Å². The molecule has 1 aliphatic rings. The number of benzene rings is 2. The first kappa shape index (κ1) is 21.3. The van der Waals surface area contributed by atoms with Crippen molar-refractivity contribution in [2.45, 2.75) is 13.0 Å². The Bertz CT molecular complexity index is 1180. The molecule has 0 radical (unpaired) electrons. The summed E-state index contributed by atoms with van der Waals surface area (Å²) in [5, 5.41) is 3.19. The van der Waals surface area contributed by atoms with Crippen molar-refractivity contribution in [3.05, 3.63) is 69.5 Å². The van der Waals surface area contributed by atoms with Gasteiger partial charge in [-0.25, -0.2) is 8.78 Å². The van der Waals surface area contributed by atoms with Crippen molar-refractivity contribution in [3.8, 4) is 0 Å². The number of carbonyl (C=O) groups is 1. The molecule has 1 saturated heterocycles. The van der Waals surface area contributed by atoms with Gasteiger partial charge in [0.2, 0.25) is 11.5 Å². The van der Waals surface area contributed by atoms with Gasteiger partial charge in [-0.2, -0.15) is 0 Å². The van der Waals surface area contributed by atoms with E-state index in [-0.39, 0.29) is 24.1 Å². The lowest BCUT2D eigenvalue weighted by Crippen LogP contribution is -2.53. The summed E-state index contributed by atoms with van der Waals surface area (Å²) in [7, 11) is 0. The first-order valence-corrected chi connectivity index (χ1v) is 10.2. The molecule has 162 valence electrons. The summed E-state index contributed by atoms with van der Waals surface area (Å²) < 4.78 is 27.6. The number of aromatic amines is 1. The highest BCUT2D eigenvalue weighted by atomic mass is 35.5. The molecule has 2 aromatic carbocycles. The number of fused-ring (bicyclic) bond motifs is 1. The fourth-order valence-corrected chi connectivity index (χ4v) is 3.92. The fraction of sp³-hybridized carbons (Fsp3) is 0.273. The molecule has 1 amide bonds. The number of nitrogens with zero attached hydrogens (tertiary/aromatic N) is 2. The zero-order valence-corrected chi connectivity index (χ0v) is 17.5. The molecule has 0 bridgehead atoms. The highest BCUT2D eigenvalue weighted by Gasteiger charge is 2.26. The van der Waals surface area contributed by atoms with Crippen LogP contribution in [0.3, 0.4) is 0 Å². The summed E-state index contributed by atoms with van der Waals surface area (Å²) in [4.78, 5) is 30.6. The largest absolute Gasteiger partial charge is 0.369 e. The molecule has 0 unspecified atom stereocenters. The minimum Gasteiger partial charge on any atom is -0.369 e. The molecular weight excluding hydrogens is 426 g/mol. The second-order valence-electron chi connectivity index (χ2n) is 7.66. The molecule has 0 spiro atoms. The number of hydrogen-bond donors (Lipinski definition) is 2. The molecule has 9 heteroatoms.